The number of hydrogen-bond acceptors (Lipinski definition) is 3. The number of amides is 1. The topological polar surface area (TPSA) is 75.4 Å². The van der Waals surface area contributed by atoms with Gasteiger partial charge in [0.05, 0.1) is 6.04 Å². The smallest absolute Gasteiger partial charge is 0.237 e. The fourth-order valence-electron chi connectivity index (χ4n) is 2.12. The predicted octanol–water partition coefficient (Wildman–Crippen LogP) is 1.80. The van der Waals surface area contributed by atoms with E-state index in [4.69, 9.17) is 5.73 Å². The molecular formula is C15H24N2O2. The van der Waals surface area contributed by atoms with Crippen LogP contribution < -0.4 is 11.1 Å². The van der Waals surface area contributed by atoms with Gasteiger partial charge >= 0.3 is 0 Å². The molecule has 1 atom stereocenters. The number of aryl methyl sites for hydroxylation is 2. The zero-order valence-corrected chi connectivity index (χ0v) is 12.0. The molecule has 0 unspecified atom stereocenters. The number of nitrogens with two attached hydrogens (primary N) is 1. The molecule has 0 aliphatic heterocycles. The first kappa shape index (κ1) is 15.5. The summed E-state index contributed by atoms with van der Waals surface area (Å²) in [5, 5.41) is 12.3. The maximum atomic E-state index is 11.8. The highest BCUT2D eigenvalue weighted by atomic mass is 16.3. The van der Waals surface area contributed by atoms with Crippen molar-refractivity contribution in [2.24, 2.45) is 5.73 Å². The van der Waals surface area contributed by atoms with E-state index in [0.717, 1.165) is 29.5 Å². The SMILES string of the molecule is CCCCNC(=O)[C@@H](N)Cc1c(C)cc(O)cc1C. The molecule has 4 nitrogen and oxygen atoms in total. The third kappa shape index (κ3) is 4.56. The second-order valence-electron chi connectivity index (χ2n) is 5.01. The average Bonchev–Trinajstić information content (AvgIpc) is 2.33. The number of unbranched alkanes of at least 4 members (excludes halogenated alkanes) is 1. The van der Waals surface area contributed by atoms with Gasteiger partial charge in [-0.1, -0.05) is 13.3 Å². The fourth-order valence-corrected chi connectivity index (χ4v) is 2.12. The second-order valence-corrected chi connectivity index (χ2v) is 5.01. The molecule has 4 N–H and O–H groups in total. The largest absolute Gasteiger partial charge is 0.508 e. The highest BCUT2D eigenvalue weighted by Gasteiger charge is 2.16. The minimum atomic E-state index is -0.543. The molecule has 19 heavy (non-hydrogen) atoms. The van der Waals surface area contributed by atoms with Crippen LogP contribution in [0.4, 0.5) is 0 Å². The molecule has 0 aliphatic carbocycles. The van der Waals surface area contributed by atoms with Crippen LogP contribution in [-0.2, 0) is 11.2 Å². The lowest BCUT2D eigenvalue weighted by Crippen LogP contribution is -2.42. The molecule has 0 aliphatic rings. The van der Waals surface area contributed by atoms with Crippen molar-refractivity contribution in [3.63, 3.8) is 0 Å². The van der Waals surface area contributed by atoms with E-state index in [2.05, 4.69) is 12.2 Å². The van der Waals surface area contributed by atoms with Crippen molar-refractivity contribution in [2.75, 3.05) is 6.54 Å². The van der Waals surface area contributed by atoms with Crippen LogP contribution in [-0.4, -0.2) is 23.6 Å². The number of benzene rings is 1. The van der Waals surface area contributed by atoms with Crippen molar-refractivity contribution in [3.05, 3.63) is 28.8 Å². The predicted molar refractivity (Wildman–Crippen MR) is 77.2 cm³/mol. The summed E-state index contributed by atoms with van der Waals surface area (Å²) in [5.41, 5.74) is 8.90. The molecule has 1 rings (SSSR count). The third-order valence-corrected chi connectivity index (χ3v) is 3.27. The highest BCUT2D eigenvalue weighted by Crippen LogP contribution is 2.21. The van der Waals surface area contributed by atoms with Gasteiger partial charge in [0.25, 0.3) is 0 Å². The molecule has 0 fully saturated rings. The van der Waals surface area contributed by atoms with Crippen molar-refractivity contribution >= 4 is 5.91 Å². The number of rotatable bonds is 6. The Morgan fingerprint density at radius 2 is 1.95 bits per heavy atom. The van der Waals surface area contributed by atoms with Crippen molar-refractivity contribution in [2.45, 2.75) is 46.1 Å². The third-order valence-electron chi connectivity index (χ3n) is 3.27. The van der Waals surface area contributed by atoms with Crippen LogP contribution in [0, 0.1) is 13.8 Å². The molecule has 0 spiro atoms. The van der Waals surface area contributed by atoms with Gasteiger partial charge in [-0.25, -0.2) is 0 Å². The summed E-state index contributed by atoms with van der Waals surface area (Å²) >= 11 is 0. The van der Waals surface area contributed by atoms with E-state index in [1.165, 1.54) is 0 Å². The molecule has 0 heterocycles. The van der Waals surface area contributed by atoms with Crippen molar-refractivity contribution < 1.29 is 9.90 Å². The molecule has 0 bridgehead atoms. The Kier molecular flexibility index (Phi) is 5.83. The molecule has 106 valence electrons. The summed E-state index contributed by atoms with van der Waals surface area (Å²) in [7, 11) is 0. The van der Waals surface area contributed by atoms with Crippen molar-refractivity contribution in [1.29, 1.82) is 0 Å². The Bertz CT molecular complexity index is 421. The van der Waals surface area contributed by atoms with Gasteiger partial charge in [0, 0.05) is 6.54 Å². The number of phenols is 1. The normalized spacial score (nSPS) is 12.2. The first-order valence-electron chi connectivity index (χ1n) is 6.78. The second kappa shape index (κ2) is 7.14. The zero-order chi connectivity index (χ0) is 14.4. The standard InChI is InChI=1S/C15H24N2O2/c1-4-5-6-17-15(19)14(16)9-13-10(2)7-12(18)8-11(13)3/h7-8,14,18H,4-6,9,16H2,1-3H3,(H,17,19)/t14-/m0/s1. The van der Waals surface area contributed by atoms with Crippen LogP contribution in [0.25, 0.3) is 0 Å². The average molecular weight is 264 g/mol. The van der Waals surface area contributed by atoms with Gasteiger partial charge in [0.1, 0.15) is 5.75 Å². The van der Waals surface area contributed by atoms with E-state index in [1.54, 1.807) is 12.1 Å². The minimum absolute atomic E-state index is 0.111. The Morgan fingerprint density at radius 1 is 1.37 bits per heavy atom. The number of carbonyl (C=O) groups excluding carboxylic acids is 1. The van der Waals surface area contributed by atoms with Crippen LogP contribution in [0.1, 0.15) is 36.5 Å². The van der Waals surface area contributed by atoms with Gasteiger partial charge in [-0.2, -0.15) is 0 Å². The van der Waals surface area contributed by atoms with Crippen molar-refractivity contribution in [1.82, 2.24) is 5.32 Å². The Morgan fingerprint density at radius 3 is 2.47 bits per heavy atom. The molecule has 4 heteroatoms. The monoisotopic (exact) mass is 264 g/mol. The van der Waals surface area contributed by atoms with E-state index >= 15 is 0 Å². The van der Waals surface area contributed by atoms with Crippen molar-refractivity contribution in [3.8, 4) is 5.75 Å². The van der Waals surface area contributed by atoms with Crippen LogP contribution in [0.5, 0.6) is 5.75 Å². The molecule has 0 radical (unpaired) electrons. The highest BCUT2D eigenvalue weighted by molar-refractivity contribution is 5.81. The zero-order valence-electron chi connectivity index (χ0n) is 12.0. The summed E-state index contributed by atoms with van der Waals surface area (Å²) in [5.74, 6) is 0.139. The number of hydrogen-bond donors (Lipinski definition) is 3. The van der Waals surface area contributed by atoms with Gasteiger partial charge in [0.15, 0.2) is 0 Å². The number of phenolic OH excluding ortho intramolecular Hbond substituents is 1. The molecule has 0 aromatic heterocycles. The number of aromatic hydroxyl groups is 1. The van der Waals surface area contributed by atoms with E-state index in [9.17, 15) is 9.90 Å². The summed E-state index contributed by atoms with van der Waals surface area (Å²) in [6, 6.07) is 2.85. The minimum Gasteiger partial charge on any atom is -0.508 e. The van der Waals surface area contributed by atoms with E-state index in [1.807, 2.05) is 13.8 Å². The summed E-state index contributed by atoms with van der Waals surface area (Å²) < 4.78 is 0. The van der Waals surface area contributed by atoms with Gasteiger partial charge < -0.3 is 16.2 Å². The van der Waals surface area contributed by atoms with Gasteiger partial charge in [-0.3, -0.25) is 4.79 Å². The van der Waals surface area contributed by atoms with Gasteiger partial charge in [-0.15, -0.1) is 0 Å². The lowest BCUT2D eigenvalue weighted by molar-refractivity contribution is -0.122. The molecule has 1 amide bonds. The summed E-state index contributed by atoms with van der Waals surface area (Å²) in [6.07, 6.45) is 2.51. The number of nitrogens with one attached hydrogen (secondary N) is 1. The lowest BCUT2D eigenvalue weighted by Gasteiger charge is -2.16. The molecule has 0 saturated heterocycles. The van der Waals surface area contributed by atoms with Crippen LogP contribution in [0.2, 0.25) is 0 Å². The Balaban J connectivity index is 2.66. The maximum absolute atomic E-state index is 11.8. The first-order chi connectivity index (χ1) is 8.95. The van der Waals surface area contributed by atoms with E-state index in [-0.39, 0.29) is 11.7 Å². The maximum Gasteiger partial charge on any atom is 0.237 e. The molecule has 0 saturated carbocycles. The lowest BCUT2D eigenvalue weighted by atomic mass is 9.96. The molecular weight excluding hydrogens is 240 g/mol. The summed E-state index contributed by atoms with van der Waals surface area (Å²) in [6.45, 7) is 6.60. The van der Waals surface area contributed by atoms with Crippen LogP contribution in [0.15, 0.2) is 12.1 Å². The van der Waals surface area contributed by atoms with Crippen LogP contribution >= 0.6 is 0 Å². The molecule has 1 aromatic rings. The Hall–Kier alpha value is -1.55. The van der Waals surface area contributed by atoms with Gasteiger partial charge in [-0.05, 0) is 55.5 Å². The summed E-state index contributed by atoms with van der Waals surface area (Å²) in [4.78, 5) is 11.8. The fraction of sp³-hybridized carbons (Fsp3) is 0.533. The van der Waals surface area contributed by atoms with Gasteiger partial charge in [0.2, 0.25) is 5.91 Å². The van der Waals surface area contributed by atoms with E-state index in [0.29, 0.717) is 13.0 Å². The first-order valence-corrected chi connectivity index (χ1v) is 6.78. The molecule has 1 aromatic carbocycles. The quantitative estimate of drug-likeness (QED) is 0.686. The Labute approximate surface area is 115 Å². The van der Waals surface area contributed by atoms with E-state index < -0.39 is 6.04 Å². The number of carbonyl (C=O) groups is 1. The van der Waals surface area contributed by atoms with Crippen LogP contribution in [0.3, 0.4) is 0 Å².